The summed E-state index contributed by atoms with van der Waals surface area (Å²) in [7, 11) is 0. The Labute approximate surface area is 115 Å². The average Bonchev–Trinajstić information content (AvgIpc) is 2.81. The van der Waals surface area contributed by atoms with Crippen LogP contribution in [0.1, 0.15) is 29.7 Å². The van der Waals surface area contributed by atoms with Crippen molar-refractivity contribution in [2.75, 3.05) is 0 Å². The van der Waals surface area contributed by atoms with Crippen LogP contribution in [0, 0.1) is 6.92 Å². The normalized spacial score (nSPS) is 12.7. The molecule has 18 heavy (non-hydrogen) atoms. The second-order valence-corrected chi connectivity index (χ2v) is 5.15. The molecule has 3 N–H and O–H groups in total. The van der Waals surface area contributed by atoms with Gasteiger partial charge >= 0.3 is 0 Å². The Morgan fingerprint density at radius 1 is 1.50 bits per heavy atom. The third-order valence-corrected chi connectivity index (χ3v) is 3.51. The van der Waals surface area contributed by atoms with E-state index in [1.807, 2.05) is 23.1 Å². The van der Waals surface area contributed by atoms with Gasteiger partial charge in [0.1, 0.15) is 0 Å². The average molecular weight is 309 g/mol. The van der Waals surface area contributed by atoms with Gasteiger partial charge in [-0.3, -0.25) is 10.5 Å². The number of nitrogens with one attached hydrogen (secondary N) is 1. The number of benzene rings is 1. The van der Waals surface area contributed by atoms with E-state index in [0.29, 0.717) is 0 Å². The van der Waals surface area contributed by atoms with Crippen molar-refractivity contribution in [1.29, 1.82) is 0 Å². The van der Waals surface area contributed by atoms with Gasteiger partial charge in [-0.15, -0.1) is 0 Å². The molecule has 1 unspecified atom stereocenters. The molecule has 96 valence electrons. The molecule has 4 nitrogen and oxygen atoms in total. The van der Waals surface area contributed by atoms with Gasteiger partial charge in [-0.25, -0.2) is 5.43 Å². The molecule has 0 amide bonds. The number of nitrogens with zero attached hydrogens (tertiary/aromatic N) is 2. The predicted molar refractivity (Wildman–Crippen MR) is 75.9 cm³/mol. The molecule has 0 bridgehead atoms. The van der Waals surface area contributed by atoms with Crippen molar-refractivity contribution in [3.05, 3.63) is 51.8 Å². The Balaban J connectivity index is 2.38. The standard InChI is InChI=1S/C13H17BrN4/c1-3-18-8-10(7-16-18)13(17-15)12-5-4-11(14)6-9(12)2/h4-8,13,17H,3,15H2,1-2H3. The topological polar surface area (TPSA) is 55.9 Å². The molecule has 1 heterocycles. The number of aryl methyl sites for hydroxylation is 2. The van der Waals surface area contributed by atoms with Crippen molar-refractivity contribution in [3.63, 3.8) is 0 Å². The highest BCUT2D eigenvalue weighted by molar-refractivity contribution is 9.10. The van der Waals surface area contributed by atoms with E-state index >= 15 is 0 Å². The first kappa shape index (κ1) is 13.3. The SMILES string of the molecule is CCn1cc(C(NN)c2ccc(Br)cc2C)cn1. The Morgan fingerprint density at radius 3 is 2.83 bits per heavy atom. The third-order valence-electron chi connectivity index (χ3n) is 3.02. The van der Waals surface area contributed by atoms with E-state index in [0.717, 1.165) is 22.1 Å². The van der Waals surface area contributed by atoms with Gasteiger partial charge in [-0.1, -0.05) is 22.0 Å². The molecule has 0 radical (unpaired) electrons. The van der Waals surface area contributed by atoms with E-state index in [-0.39, 0.29) is 6.04 Å². The van der Waals surface area contributed by atoms with E-state index in [2.05, 4.69) is 52.4 Å². The third kappa shape index (κ3) is 2.63. The first-order chi connectivity index (χ1) is 8.65. The fraction of sp³-hybridized carbons (Fsp3) is 0.308. The highest BCUT2D eigenvalue weighted by Gasteiger charge is 2.16. The fourth-order valence-corrected chi connectivity index (χ4v) is 2.51. The first-order valence-corrected chi connectivity index (χ1v) is 6.69. The van der Waals surface area contributed by atoms with Crippen LogP contribution < -0.4 is 11.3 Å². The Hall–Kier alpha value is -1.17. The number of rotatable bonds is 4. The van der Waals surface area contributed by atoms with Crippen molar-refractivity contribution in [1.82, 2.24) is 15.2 Å². The fourth-order valence-electron chi connectivity index (χ4n) is 2.03. The van der Waals surface area contributed by atoms with Gasteiger partial charge in [0.2, 0.25) is 0 Å². The molecule has 5 heteroatoms. The molecule has 0 saturated carbocycles. The molecule has 1 aromatic carbocycles. The first-order valence-electron chi connectivity index (χ1n) is 5.90. The molecule has 0 aliphatic carbocycles. The Morgan fingerprint density at radius 2 is 2.28 bits per heavy atom. The number of nitrogens with two attached hydrogens (primary N) is 1. The van der Waals surface area contributed by atoms with Crippen LogP contribution in [-0.4, -0.2) is 9.78 Å². The van der Waals surface area contributed by atoms with E-state index in [4.69, 9.17) is 5.84 Å². The summed E-state index contributed by atoms with van der Waals surface area (Å²) < 4.78 is 2.97. The minimum absolute atomic E-state index is 0.0293. The number of aromatic nitrogens is 2. The zero-order chi connectivity index (χ0) is 13.1. The van der Waals surface area contributed by atoms with Crippen LogP contribution in [0.4, 0.5) is 0 Å². The quantitative estimate of drug-likeness (QED) is 0.674. The molecule has 0 aliphatic rings. The summed E-state index contributed by atoms with van der Waals surface area (Å²) in [4.78, 5) is 0. The molecule has 1 atom stereocenters. The number of hydrogen-bond donors (Lipinski definition) is 2. The lowest BCUT2D eigenvalue weighted by atomic mass is 9.98. The molecule has 2 rings (SSSR count). The summed E-state index contributed by atoms with van der Waals surface area (Å²) in [5.41, 5.74) is 6.29. The van der Waals surface area contributed by atoms with Crippen LogP contribution in [0.15, 0.2) is 35.1 Å². The van der Waals surface area contributed by atoms with Gasteiger partial charge in [0.25, 0.3) is 0 Å². The summed E-state index contributed by atoms with van der Waals surface area (Å²) in [6.07, 6.45) is 3.88. The minimum Gasteiger partial charge on any atom is -0.273 e. The maximum absolute atomic E-state index is 5.70. The van der Waals surface area contributed by atoms with Crippen molar-refractivity contribution < 1.29 is 0 Å². The molecule has 2 aromatic rings. The van der Waals surface area contributed by atoms with E-state index in [9.17, 15) is 0 Å². The van der Waals surface area contributed by atoms with Crippen LogP contribution in [0.25, 0.3) is 0 Å². The molecule has 0 fully saturated rings. The van der Waals surface area contributed by atoms with E-state index < -0.39 is 0 Å². The smallest absolute Gasteiger partial charge is 0.0743 e. The van der Waals surface area contributed by atoms with Crippen LogP contribution >= 0.6 is 15.9 Å². The minimum atomic E-state index is -0.0293. The summed E-state index contributed by atoms with van der Waals surface area (Å²) >= 11 is 3.47. The van der Waals surface area contributed by atoms with Crippen molar-refractivity contribution in [2.45, 2.75) is 26.4 Å². The van der Waals surface area contributed by atoms with Crippen LogP contribution in [0.2, 0.25) is 0 Å². The Kier molecular flexibility index (Phi) is 4.16. The van der Waals surface area contributed by atoms with Gasteiger partial charge in [-0.2, -0.15) is 5.10 Å². The van der Waals surface area contributed by atoms with Crippen LogP contribution in [0.3, 0.4) is 0 Å². The number of hydrogen-bond acceptors (Lipinski definition) is 3. The summed E-state index contributed by atoms with van der Waals surface area (Å²) in [5, 5.41) is 4.29. The lowest BCUT2D eigenvalue weighted by molar-refractivity contribution is 0.627. The summed E-state index contributed by atoms with van der Waals surface area (Å²) in [6.45, 7) is 5.00. The molecule has 0 saturated heterocycles. The lowest BCUT2D eigenvalue weighted by Gasteiger charge is -2.17. The van der Waals surface area contributed by atoms with Gasteiger partial charge in [0.15, 0.2) is 0 Å². The van der Waals surface area contributed by atoms with Crippen LogP contribution in [-0.2, 0) is 6.54 Å². The second-order valence-electron chi connectivity index (χ2n) is 4.23. The Bertz CT molecular complexity index is 536. The monoisotopic (exact) mass is 308 g/mol. The molecule has 1 aromatic heterocycles. The maximum Gasteiger partial charge on any atom is 0.0743 e. The highest BCUT2D eigenvalue weighted by Crippen LogP contribution is 2.26. The molecular formula is C13H17BrN4. The van der Waals surface area contributed by atoms with E-state index in [1.54, 1.807) is 0 Å². The summed E-state index contributed by atoms with van der Waals surface area (Å²) in [6, 6.07) is 6.16. The largest absolute Gasteiger partial charge is 0.273 e. The zero-order valence-corrected chi connectivity index (χ0v) is 12.1. The summed E-state index contributed by atoms with van der Waals surface area (Å²) in [5.74, 6) is 5.70. The van der Waals surface area contributed by atoms with Gasteiger partial charge in [0, 0.05) is 22.8 Å². The number of hydrazine groups is 1. The number of halogens is 1. The van der Waals surface area contributed by atoms with Gasteiger partial charge < -0.3 is 0 Å². The second kappa shape index (κ2) is 5.65. The maximum atomic E-state index is 5.70. The predicted octanol–water partition coefficient (Wildman–Crippen LogP) is 2.53. The van der Waals surface area contributed by atoms with Crippen molar-refractivity contribution in [3.8, 4) is 0 Å². The van der Waals surface area contributed by atoms with Crippen molar-refractivity contribution in [2.24, 2.45) is 5.84 Å². The van der Waals surface area contributed by atoms with E-state index in [1.165, 1.54) is 5.56 Å². The van der Waals surface area contributed by atoms with Crippen LogP contribution in [0.5, 0.6) is 0 Å². The molecule has 0 spiro atoms. The lowest BCUT2D eigenvalue weighted by Crippen LogP contribution is -2.29. The van der Waals surface area contributed by atoms with Gasteiger partial charge in [-0.05, 0) is 37.1 Å². The zero-order valence-electron chi connectivity index (χ0n) is 10.5. The molecular weight excluding hydrogens is 292 g/mol. The molecule has 0 aliphatic heterocycles. The van der Waals surface area contributed by atoms with Crippen molar-refractivity contribution >= 4 is 15.9 Å². The highest BCUT2D eigenvalue weighted by atomic mass is 79.9. The van der Waals surface area contributed by atoms with Gasteiger partial charge in [0.05, 0.1) is 12.2 Å².